The highest BCUT2D eigenvalue weighted by Gasteiger charge is 2.25. The van der Waals surface area contributed by atoms with Gasteiger partial charge >= 0.3 is 0 Å². The van der Waals surface area contributed by atoms with Crippen LogP contribution in [0.25, 0.3) is 10.9 Å². The molecule has 0 N–H and O–H groups in total. The van der Waals surface area contributed by atoms with Crippen molar-refractivity contribution in [2.45, 2.75) is 57.7 Å². The van der Waals surface area contributed by atoms with Gasteiger partial charge in [-0.25, -0.2) is 9.98 Å². The summed E-state index contributed by atoms with van der Waals surface area (Å²) in [6.07, 6.45) is 5.68. The molecule has 2 aromatic heterocycles. The average Bonchev–Trinajstić information content (AvgIpc) is 3.28. The number of hydrogen-bond acceptors (Lipinski definition) is 4. The van der Waals surface area contributed by atoms with E-state index in [-0.39, 0.29) is 0 Å². The summed E-state index contributed by atoms with van der Waals surface area (Å²) in [7, 11) is 1.10. The molecule has 0 spiro atoms. The van der Waals surface area contributed by atoms with Gasteiger partial charge in [-0.15, -0.1) is 0 Å². The minimum Gasteiger partial charge on any atom is -0.361 e. The van der Waals surface area contributed by atoms with Crippen molar-refractivity contribution < 1.29 is 4.74 Å². The second kappa shape index (κ2) is 11.8. The average molecular weight is 525 g/mol. The predicted octanol–water partition coefficient (Wildman–Crippen LogP) is 7.67. The van der Waals surface area contributed by atoms with E-state index >= 15 is 0 Å². The molecule has 1 aliphatic heterocycles. The summed E-state index contributed by atoms with van der Waals surface area (Å²) in [6.45, 7) is 9.70. The summed E-state index contributed by atoms with van der Waals surface area (Å²) >= 11 is 0. The Morgan fingerprint density at radius 3 is 2.29 bits per heavy atom. The van der Waals surface area contributed by atoms with Crippen LogP contribution < -0.4 is 0 Å². The molecule has 6 heteroatoms. The first kappa shape index (κ1) is 26.5. The highest BCUT2D eigenvalue weighted by atomic mass is 28.3. The molecule has 1 aliphatic rings. The highest BCUT2D eigenvalue weighted by Crippen LogP contribution is 2.34. The zero-order valence-corrected chi connectivity index (χ0v) is 24.2. The lowest BCUT2D eigenvalue weighted by Crippen LogP contribution is -2.31. The van der Waals surface area contributed by atoms with Crippen LogP contribution >= 0.6 is 0 Å². The number of fused-ring (bicyclic) bond motifs is 1. The van der Waals surface area contributed by atoms with Gasteiger partial charge in [0.15, 0.2) is 5.82 Å². The fourth-order valence-corrected chi connectivity index (χ4v) is 5.99. The van der Waals surface area contributed by atoms with Gasteiger partial charge in [0.1, 0.15) is 6.73 Å². The van der Waals surface area contributed by atoms with Crippen LogP contribution in [-0.4, -0.2) is 48.4 Å². The van der Waals surface area contributed by atoms with Crippen LogP contribution in [0, 0.1) is 0 Å². The Kier molecular flexibility index (Phi) is 8.22. The molecule has 5 nitrogen and oxygen atoms in total. The van der Waals surface area contributed by atoms with E-state index in [2.05, 4.69) is 96.8 Å². The molecule has 5 rings (SSSR count). The van der Waals surface area contributed by atoms with Crippen LogP contribution in [0.4, 0.5) is 5.82 Å². The summed E-state index contributed by atoms with van der Waals surface area (Å²) in [5.41, 5.74) is 5.55. The summed E-state index contributed by atoms with van der Waals surface area (Å²) in [5, 5.41) is 1.15. The zero-order chi connectivity index (χ0) is 26.5. The quantitative estimate of drug-likeness (QED) is 0.128. The third-order valence-electron chi connectivity index (χ3n) is 7.45. The molecule has 0 unspecified atom stereocenters. The number of aliphatic imine (C=N–C) groups is 1. The minimum absolute atomic E-state index is 0.396. The molecular weight excluding hydrogens is 484 g/mol. The lowest BCUT2D eigenvalue weighted by Gasteiger charge is -2.33. The van der Waals surface area contributed by atoms with Gasteiger partial charge in [0.05, 0.1) is 11.2 Å². The van der Waals surface area contributed by atoms with Crippen molar-refractivity contribution in [2.75, 3.05) is 20.2 Å². The van der Waals surface area contributed by atoms with Gasteiger partial charge in [-0.1, -0.05) is 86.7 Å². The molecule has 0 amide bonds. The van der Waals surface area contributed by atoms with Crippen LogP contribution in [0.15, 0.2) is 84.0 Å². The second-order valence-corrected chi connectivity index (χ2v) is 17.3. The van der Waals surface area contributed by atoms with Crippen LogP contribution in [0.2, 0.25) is 25.7 Å². The first-order chi connectivity index (χ1) is 18.4. The van der Waals surface area contributed by atoms with Gasteiger partial charge in [-0.05, 0) is 38.5 Å². The number of aromatic nitrogens is 2. The fraction of sp³-hybridized carbons (Fsp3) is 0.375. The maximum atomic E-state index is 6.31. The summed E-state index contributed by atoms with van der Waals surface area (Å²) in [4.78, 5) is 12.4. The number of pyridine rings is 1. The van der Waals surface area contributed by atoms with E-state index in [4.69, 9.17) is 14.7 Å². The number of likely N-dealkylation sites (tertiary alicyclic amines) is 1. The summed E-state index contributed by atoms with van der Waals surface area (Å²) < 4.78 is 8.68. The molecule has 3 heterocycles. The molecule has 1 fully saturated rings. The van der Waals surface area contributed by atoms with Gasteiger partial charge in [0.2, 0.25) is 0 Å². The van der Waals surface area contributed by atoms with Crippen molar-refractivity contribution in [2.24, 2.45) is 4.99 Å². The molecule has 198 valence electrons. The van der Waals surface area contributed by atoms with Crippen molar-refractivity contribution in [3.63, 3.8) is 0 Å². The predicted molar refractivity (Wildman–Crippen MR) is 161 cm³/mol. The Morgan fingerprint density at radius 2 is 1.66 bits per heavy atom. The van der Waals surface area contributed by atoms with Crippen LogP contribution in [-0.2, 0) is 11.5 Å². The highest BCUT2D eigenvalue weighted by molar-refractivity contribution is 6.76. The Labute approximate surface area is 228 Å². The summed E-state index contributed by atoms with van der Waals surface area (Å²) in [6, 6.07) is 26.7. The van der Waals surface area contributed by atoms with Crippen molar-refractivity contribution in [3.8, 4) is 0 Å². The van der Waals surface area contributed by atoms with Crippen LogP contribution in [0.5, 0.6) is 0 Å². The largest absolute Gasteiger partial charge is 0.361 e. The lowest BCUT2D eigenvalue weighted by molar-refractivity contribution is 0.0820. The number of ether oxygens (including phenoxy) is 1. The van der Waals surface area contributed by atoms with E-state index in [0.717, 1.165) is 40.9 Å². The van der Waals surface area contributed by atoms with E-state index in [1.165, 1.54) is 31.0 Å². The first-order valence-corrected chi connectivity index (χ1v) is 17.6. The molecule has 0 radical (unpaired) electrons. The van der Waals surface area contributed by atoms with Crippen molar-refractivity contribution >= 4 is 30.5 Å². The van der Waals surface area contributed by atoms with Crippen molar-refractivity contribution in [1.29, 1.82) is 0 Å². The third-order valence-corrected chi connectivity index (χ3v) is 9.16. The normalized spacial score (nSPS) is 16.6. The van der Waals surface area contributed by atoms with Gasteiger partial charge in [0, 0.05) is 55.2 Å². The smallest absolute Gasteiger partial charge is 0.154 e. The minimum atomic E-state index is -1.15. The molecule has 2 aromatic carbocycles. The number of hydrogen-bond donors (Lipinski definition) is 0. The molecule has 0 saturated carbocycles. The molecule has 1 atom stereocenters. The standard InChI is InChI=1S/C32H40N4OSi/c1-35-18-12-11-17-28(35)30-21-27-23-33-31(22-29(27)36(30)24-37-19-20-38(2,3)4)34-32(25-13-7-5-8-14-25)26-15-9-6-10-16-26/h5-10,13-16,21-23,28H,11-12,17-20,24H2,1-4H3/t28-/m1/s1. The lowest BCUT2D eigenvalue weighted by atomic mass is 10.00. The Bertz CT molecular complexity index is 1330. The SMILES string of the molecule is CN1CCCC[C@@H]1c1cc2cnc(N=C(c3ccccc3)c3ccccc3)cc2n1COCC[Si](C)(C)C. The molecule has 38 heavy (non-hydrogen) atoms. The third kappa shape index (κ3) is 6.31. The second-order valence-electron chi connectivity index (χ2n) is 11.6. The van der Waals surface area contributed by atoms with Crippen LogP contribution in [0.3, 0.4) is 0 Å². The van der Waals surface area contributed by atoms with Crippen LogP contribution in [0.1, 0.15) is 42.1 Å². The number of benzene rings is 2. The van der Waals surface area contributed by atoms with E-state index in [0.29, 0.717) is 18.6 Å². The van der Waals surface area contributed by atoms with E-state index < -0.39 is 8.07 Å². The van der Waals surface area contributed by atoms with E-state index in [1.54, 1.807) is 0 Å². The molecular formula is C32H40N4OSi. The molecule has 4 aromatic rings. The Balaban J connectivity index is 1.55. The number of nitrogens with zero attached hydrogens (tertiary/aromatic N) is 4. The maximum absolute atomic E-state index is 6.31. The van der Waals surface area contributed by atoms with Crippen molar-refractivity contribution in [3.05, 3.63) is 95.8 Å². The molecule has 0 aliphatic carbocycles. The first-order valence-electron chi connectivity index (χ1n) is 13.9. The van der Waals surface area contributed by atoms with Gasteiger partial charge in [-0.2, -0.15) is 0 Å². The van der Waals surface area contributed by atoms with Crippen molar-refractivity contribution in [1.82, 2.24) is 14.5 Å². The Hall–Kier alpha value is -3.06. The fourth-order valence-electron chi connectivity index (χ4n) is 5.23. The zero-order valence-electron chi connectivity index (χ0n) is 23.2. The number of rotatable bonds is 9. The monoisotopic (exact) mass is 524 g/mol. The molecule has 0 bridgehead atoms. The van der Waals surface area contributed by atoms with Gasteiger partial charge in [0.25, 0.3) is 0 Å². The maximum Gasteiger partial charge on any atom is 0.154 e. The Morgan fingerprint density at radius 1 is 0.974 bits per heavy atom. The topological polar surface area (TPSA) is 42.7 Å². The van der Waals surface area contributed by atoms with E-state index in [9.17, 15) is 0 Å². The van der Waals surface area contributed by atoms with Gasteiger partial charge < -0.3 is 9.30 Å². The van der Waals surface area contributed by atoms with E-state index in [1.807, 2.05) is 18.3 Å². The molecule has 1 saturated heterocycles. The summed E-state index contributed by atoms with van der Waals surface area (Å²) in [5.74, 6) is 0.713. The van der Waals surface area contributed by atoms with Gasteiger partial charge in [-0.3, -0.25) is 4.90 Å². The number of piperidine rings is 1.